The Balaban J connectivity index is -0.0000000267. The molecule has 2 radical (unpaired) electrons. The van der Waals surface area contributed by atoms with Crippen molar-refractivity contribution in [2.45, 2.75) is 0 Å². The Kier molecular flexibility index (Phi) is 17.8. The van der Waals surface area contributed by atoms with Gasteiger partial charge in [-0.3, -0.25) is 18.2 Å². The molecule has 12 heteroatoms. The fourth-order valence-corrected chi connectivity index (χ4v) is 0. The van der Waals surface area contributed by atoms with Gasteiger partial charge >= 0.3 is 74.3 Å². The third-order valence-corrected chi connectivity index (χ3v) is 0. The molecule has 0 rings (SSSR count). The molecule has 0 aliphatic carbocycles. The van der Waals surface area contributed by atoms with Crippen LogP contribution in [0.15, 0.2) is 0 Å². The molecule has 0 amide bonds. The molecule has 0 aliphatic heterocycles. The average Bonchev–Trinajstić information content (AvgIpc) is 1.12. The van der Waals surface area contributed by atoms with Crippen molar-refractivity contribution >= 4 is 44.7 Å². The van der Waals surface area contributed by atoms with Crippen molar-refractivity contribution < 1.29 is 66.0 Å². The van der Waals surface area contributed by atoms with Gasteiger partial charge in [0.05, 0.1) is 0 Å². The fourth-order valence-electron chi connectivity index (χ4n) is 0. The Labute approximate surface area is 110 Å². The second kappa shape index (κ2) is 9.11. The van der Waals surface area contributed by atoms with E-state index in [1.165, 1.54) is 0 Å². The predicted molar refractivity (Wildman–Crippen MR) is 38.0 cm³/mol. The van der Waals surface area contributed by atoms with E-state index < -0.39 is 20.8 Å². The van der Waals surface area contributed by atoms with Crippen molar-refractivity contribution in [2.24, 2.45) is 0 Å². The van der Waals surface area contributed by atoms with Gasteiger partial charge in [0.1, 0.15) is 0 Å². The first-order chi connectivity index (χ1) is 4.00. The van der Waals surface area contributed by atoms with Crippen molar-refractivity contribution in [1.82, 2.24) is 0 Å². The van der Waals surface area contributed by atoms with Gasteiger partial charge in [-0.05, 0) is 0 Å². The molecule has 0 fully saturated rings. The van der Waals surface area contributed by atoms with Gasteiger partial charge in [-0.1, -0.05) is 0 Å². The first-order valence-corrected chi connectivity index (χ1v) is 4.19. The predicted octanol–water partition coefficient (Wildman–Crippen LogP) is -5.11. The molecule has 0 atom stereocenters. The van der Waals surface area contributed by atoms with Gasteiger partial charge in [-0.2, -0.15) is 16.8 Å². The third kappa shape index (κ3) is 541. The van der Waals surface area contributed by atoms with Gasteiger partial charge in [0, 0.05) is 0 Å². The van der Waals surface area contributed by atoms with Crippen LogP contribution in [0.5, 0.6) is 0 Å². The number of rotatable bonds is 0. The van der Waals surface area contributed by atoms with E-state index in [4.69, 9.17) is 35.0 Å². The molecular weight excluding hydrogens is 334 g/mol. The van der Waals surface area contributed by atoms with E-state index in [1.807, 2.05) is 0 Å². The molecule has 8 nitrogen and oxygen atoms in total. The van der Waals surface area contributed by atoms with Gasteiger partial charge in [-0.25, -0.2) is 0 Å². The molecule has 0 unspecified atom stereocenters. The number of hydrogen-bond acceptors (Lipinski definition) is 4. The Bertz CT molecular complexity index is 219. The van der Waals surface area contributed by atoms with E-state index in [0.717, 1.165) is 0 Å². The summed E-state index contributed by atoms with van der Waals surface area (Å²) >= 11 is 0. The summed E-state index contributed by atoms with van der Waals surface area (Å²) < 4.78 is 63.2. The van der Waals surface area contributed by atoms with Crippen molar-refractivity contribution in [1.29, 1.82) is 0 Å². The third-order valence-electron chi connectivity index (χ3n) is 0. The van der Waals surface area contributed by atoms with Gasteiger partial charge in [0.15, 0.2) is 0 Å². The standard InChI is InChI=1S/Na.2H2O4S.Sn.3H/c;2*1-5(2,3)4;;;;/h;2*(H2,1,2,3,4);;;;/q+1;;;;;;-1. The minimum atomic E-state index is -4.67. The zero-order chi connectivity index (χ0) is 9.00. The monoisotopic (exact) mass is 342 g/mol. The van der Waals surface area contributed by atoms with Crippen LogP contribution in [0, 0.1) is 0 Å². The van der Waals surface area contributed by atoms with Crippen molar-refractivity contribution in [3.8, 4) is 0 Å². The molecule has 0 aromatic carbocycles. The van der Waals surface area contributed by atoms with Crippen LogP contribution < -0.4 is 29.6 Å². The first-order valence-electron chi connectivity index (χ1n) is 1.40. The summed E-state index contributed by atoms with van der Waals surface area (Å²) in [5, 5.41) is 0. The maximum absolute atomic E-state index is 8.74. The summed E-state index contributed by atoms with van der Waals surface area (Å²) in [5.74, 6) is 0. The van der Waals surface area contributed by atoms with E-state index in [1.54, 1.807) is 0 Å². The van der Waals surface area contributed by atoms with Crippen molar-refractivity contribution in [3.63, 3.8) is 0 Å². The average molecular weight is 341 g/mol. The van der Waals surface area contributed by atoms with Gasteiger partial charge in [-0.15, -0.1) is 0 Å². The van der Waals surface area contributed by atoms with Crippen molar-refractivity contribution in [3.05, 3.63) is 0 Å². The van der Waals surface area contributed by atoms with Gasteiger partial charge < -0.3 is 1.43 Å². The van der Waals surface area contributed by atoms with Crippen LogP contribution in [-0.2, 0) is 20.8 Å². The van der Waals surface area contributed by atoms with Crippen LogP contribution in [-0.4, -0.2) is 59.0 Å². The second-order valence-electron chi connectivity index (χ2n) is 0.896. The Hall–Kier alpha value is 1.54. The minimum absolute atomic E-state index is 0. The SMILES string of the molecule is O=S(=O)(O)O.O=S(=O)(O)O.[H-].[Na+].[SnH2]. The summed E-state index contributed by atoms with van der Waals surface area (Å²) in [6.45, 7) is 0. The van der Waals surface area contributed by atoms with Crippen LogP contribution in [0.4, 0.5) is 0 Å². The van der Waals surface area contributed by atoms with E-state index in [2.05, 4.69) is 0 Å². The molecule has 12 heavy (non-hydrogen) atoms. The van der Waals surface area contributed by atoms with E-state index in [9.17, 15) is 0 Å². The molecule has 4 N–H and O–H groups in total. The molecule has 0 spiro atoms. The molecule has 0 saturated heterocycles. The normalized spacial score (nSPS) is 9.67. The Morgan fingerprint density at radius 3 is 0.750 bits per heavy atom. The summed E-state index contributed by atoms with van der Waals surface area (Å²) in [5.41, 5.74) is 0. The van der Waals surface area contributed by atoms with Crippen LogP contribution in [0.1, 0.15) is 1.43 Å². The Morgan fingerprint density at radius 1 is 0.750 bits per heavy atom. The van der Waals surface area contributed by atoms with Gasteiger partial charge in [0.25, 0.3) is 0 Å². The second-order valence-corrected chi connectivity index (χ2v) is 2.69. The van der Waals surface area contributed by atoms with Gasteiger partial charge in [0.2, 0.25) is 0 Å². The van der Waals surface area contributed by atoms with E-state index >= 15 is 0 Å². The summed E-state index contributed by atoms with van der Waals surface area (Å²) in [6, 6.07) is 0. The maximum atomic E-state index is 8.74. The Morgan fingerprint density at radius 2 is 0.750 bits per heavy atom. The molecule has 0 aliphatic rings. The van der Waals surface area contributed by atoms with E-state index in [0.29, 0.717) is 0 Å². The topological polar surface area (TPSA) is 149 Å². The molecule has 0 aromatic heterocycles. The number of hydrogen-bond donors (Lipinski definition) is 4. The van der Waals surface area contributed by atoms with Crippen LogP contribution in [0.2, 0.25) is 0 Å². The van der Waals surface area contributed by atoms with Crippen LogP contribution in [0.3, 0.4) is 0 Å². The molecule has 0 saturated carbocycles. The molecule has 0 bridgehead atoms. The molecule has 72 valence electrons. The molecular formula is H7NaO8S2Sn. The summed E-state index contributed by atoms with van der Waals surface area (Å²) in [7, 11) is -9.33. The first kappa shape index (κ1) is 23.4. The van der Waals surface area contributed by atoms with Crippen LogP contribution >= 0.6 is 0 Å². The fraction of sp³-hybridized carbons (Fsp3) is 0. The molecule has 0 heterocycles. The quantitative estimate of drug-likeness (QED) is 0.253. The van der Waals surface area contributed by atoms with E-state index in [-0.39, 0.29) is 54.9 Å². The van der Waals surface area contributed by atoms with Crippen LogP contribution in [0.25, 0.3) is 0 Å². The molecule has 0 aromatic rings. The zero-order valence-electron chi connectivity index (χ0n) is 6.95. The summed E-state index contributed by atoms with van der Waals surface area (Å²) in [6.07, 6.45) is 0. The van der Waals surface area contributed by atoms with Crippen molar-refractivity contribution in [2.75, 3.05) is 0 Å². The zero-order valence-corrected chi connectivity index (χ0v) is 13.6. The summed E-state index contributed by atoms with van der Waals surface area (Å²) in [4.78, 5) is 0.